The van der Waals surface area contributed by atoms with Crippen LogP contribution in [0.15, 0.2) is 12.3 Å². The highest BCUT2D eigenvalue weighted by atomic mass is 35.5. The Balaban J connectivity index is 2.00. The number of fused-ring (bicyclic) bond motifs is 1. The second kappa shape index (κ2) is 5.27. The summed E-state index contributed by atoms with van der Waals surface area (Å²) in [5, 5.41) is 8.53. The molecule has 0 amide bonds. The predicted molar refractivity (Wildman–Crippen MR) is 80.1 cm³/mol. The largest absolute Gasteiger partial charge is 0.305 e. The summed E-state index contributed by atoms with van der Waals surface area (Å²) in [5.74, 6) is 0. The van der Waals surface area contributed by atoms with Crippen LogP contribution in [0.3, 0.4) is 0 Å². The summed E-state index contributed by atoms with van der Waals surface area (Å²) in [7, 11) is 1.95. The number of aryl methyl sites for hydroxylation is 3. The van der Waals surface area contributed by atoms with Crippen molar-refractivity contribution in [2.45, 2.75) is 32.2 Å². The number of aromatic nitrogens is 2. The third-order valence-corrected chi connectivity index (χ3v) is 5.26. The zero-order valence-corrected chi connectivity index (χ0v) is 12.8. The van der Waals surface area contributed by atoms with Crippen molar-refractivity contribution in [3.63, 3.8) is 0 Å². The van der Waals surface area contributed by atoms with Crippen molar-refractivity contribution in [3.8, 4) is 0 Å². The van der Waals surface area contributed by atoms with Crippen LogP contribution in [0.2, 0.25) is 5.02 Å². The van der Waals surface area contributed by atoms with E-state index in [0.29, 0.717) is 0 Å². The molecule has 1 aliphatic carbocycles. The average molecular weight is 296 g/mol. The number of hydrogen-bond acceptors (Lipinski definition) is 3. The third-order valence-electron chi connectivity index (χ3n) is 3.67. The van der Waals surface area contributed by atoms with Gasteiger partial charge >= 0.3 is 0 Å². The zero-order valence-electron chi connectivity index (χ0n) is 11.2. The second-order valence-corrected chi connectivity index (χ2v) is 6.52. The van der Waals surface area contributed by atoms with Crippen LogP contribution in [0.5, 0.6) is 0 Å². The molecule has 1 aliphatic rings. The molecule has 0 radical (unpaired) electrons. The summed E-state index contributed by atoms with van der Waals surface area (Å²) < 4.78 is 1.88. The Kier molecular flexibility index (Phi) is 3.65. The van der Waals surface area contributed by atoms with Gasteiger partial charge in [-0.1, -0.05) is 18.5 Å². The van der Waals surface area contributed by atoms with Crippen LogP contribution in [0.25, 0.3) is 0 Å². The minimum absolute atomic E-state index is 0.153. The van der Waals surface area contributed by atoms with Crippen molar-refractivity contribution in [2.24, 2.45) is 7.05 Å². The Morgan fingerprint density at radius 2 is 2.37 bits per heavy atom. The molecule has 0 fully saturated rings. The number of nitrogens with zero attached hydrogens (tertiary/aromatic N) is 2. The van der Waals surface area contributed by atoms with Crippen LogP contribution in [0.4, 0.5) is 0 Å². The molecule has 1 N–H and O–H groups in total. The summed E-state index contributed by atoms with van der Waals surface area (Å²) in [6, 6.07) is 2.50. The zero-order chi connectivity index (χ0) is 13.4. The molecule has 3 rings (SSSR count). The Bertz CT molecular complexity index is 547. The van der Waals surface area contributed by atoms with E-state index in [9.17, 15) is 0 Å². The van der Waals surface area contributed by atoms with E-state index < -0.39 is 0 Å². The molecule has 2 heterocycles. The second-order valence-electron chi connectivity index (χ2n) is 4.94. The van der Waals surface area contributed by atoms with E-state index in [1.165, 1.54) is 29.7 Å². The Morgan fingerprint density at radius 3 is 3.00 bits per heavy atom. The minimum Gasteiger partial charge on any atom is -0.305 e. The first-order chi connectivity index (χ1) is 9.20. The van der Waals surface area contributed by atoms with E-state index in [1.54, 1.807) is 11.1 Å². The molecule has 1 unspecified atom stereocenters. The maximum atomic E-state index is 6.30. The summed E-state index contributed by atoms with van der Waals surface area (Å²) in [5.41, 5.74) is 2.59. The van der Waals surface area contributed by atoms with Gasteiger partial charge in [-0.15, -0.1) is 11.3 Å². The van der Waals surface area contributed by atoms with Gasteiger partial charge in [0.05, 0.1) is 23.0 Å². The van der Waals surface area contributed by atoms with Crippen LogP contribution in [-0.4, -0.2) is 16.3 Å². The van der Waals surface area contributed by atoms with Gasteiger partial charge in [-0.05, 0) is 37.4 Å². The molecular weight excluding hydrogens is 278 g/mol. The smallest absolute Gasteiger partial charge is 0.0857 e. The first kappa shape index (κ1) is 13.2. The molecule has 0 bridgehead atoms. The predicted octanol–water partition coefficient (Wildman–Crippen LogP) is 3.32. The molecule has 2 aromatic heterocycles. The topological polar surface area (TPSA) is 29.9 Å². The maximum absolute atomic E-state index is 6.30. The van der Waals surface area contributed by atoms with E-state index in [2.05, 4.69) is 23.4 Å². The molecule has 0 spiro atoms. The van der Waals surface area contributed by atoms with E-state index in [1.807, 2.05) is 23.1 Å². The molecule has 2 aromatic rings. The van der Waals surface area contributed by atoms with Gasteiger partial charge in [0.15, 0.2) is 0 Å². The lowest BCUT2D eigenvalue weighted by Gasteiger charge is -2.17. The fourth-order valence-corrected chi connectivity index (χ4v) is 4.39. The number of nitrogens with one attached hydrogen (secondary N) is 1. The standard InChI is InChI=1S/C14H18ClN3S/c1-3-16-13(14-10(15)8-17-18(14)2)12-7-9-5-4-6-11(9)19-12/h7-8,13,16H,3-6H2,1-2H3. The van der Waals surface area contributed by atoms with Crippen molar-refractivity contribution in [1.29, 1.82) is 0 Å². The van der Waals surface area contributed by atoms with Crippen molar-refractivity contribution in [2.75, 3.05) is 6.54 Å². The quantitative estimate of drug-likeness (QED) is 0.938. The third kappa shape index (κ3) is 2.33. The molecule has 5 heteroatoms. The molecule has 1 atom stereocenters. The normalized spacial score (nSPS) is 15.7. The molecule has 19 heavy (non-hydrogen) atoms. The van der Waals surface area contributed by atoms with Crippen LogP contribution in [0, 0.1) is 0 Å². The highest BCUT2D eigenvalue weighted by Crippen LogP contribution is 2.37. The maximum Gasteiger partial charge on any atom is 0.0857 e. The summed E-state index contributed by atoms with van der Waals surface area (Å²) in [4.78, 5) is 2.91. The summed E-state index contributed by atoms with van der Waals surface area (Å²) in [6.07, 6.45) is 5.49. The van der Waals surface area contributed by atoms with Gasteiger partial charge in [-0.25, -0.2) is 0 Å². The molecule has 102 valence electrons. The molecule has 3 nitrogen and oxygen atoms in total. The van der Waals surface area contributed by atoms with Crippen molar-refractivity contribution >= 4 is 22.9 Å². The first-order valence-electron chi connectivity index (χ1n) is 6.73. The van der Waals surface area contributed by atoms with E-state index in [-0.39, 0.29) is 6.04 Å². The van der Waals surface area contributed by atoms with Gasteiger partial charge < -0.3 is 5.32 Å². The highest BCUT2D eigenvalue weighted by molar-refractivity contribution is 7.12. The molecule has 0 saturated carbocycles. The lowest BCUT2D eigenvalue weighted by molar-refractivity contribution is 0.579. The number of halogens is 1. The van der Waals surface area contributed by atoms with Gasteiger partial charge in [0.2, 0.25) is 0 Å². The Hall–Kier alpha value is -0.840. The van der Waals surface area contributed by atoms with Gasteiger partial charge in [0, 0.05) is 16.8 Å². The SMILES string of the molecule is CCNC(c1cc2c(s1)CCC2)c1c(Cl)cnn1C. The molecule has 0 aliphatic heterocycles. The minimum atomic E-state index is 0.153. The number of rotatable bonds is 4. The lowest BCUT2D eigenvalue weighted by Crippen LogP contribution is -2.23. The van der Waals surface area contributed by atoms with Crippen molar-refractivity contribution in [3.05, 3.63) is 38.3 Å². The van der Waals surface area contributed by atoms with Crippen molar-refractivity contribution in [1.82, 2.24) is 15.1 Å². The monoisotopic (exact) mass is 295 g/mol. The van der Waals surface area contributed by atoms with Gasteiger partial charge in [0.1, 0.15) is 0 Å². The van der Waals surface area contributed by atoms with Gasteiger partial charge in [0.25, 0.3) is 0 Å². The highest BCUT2D eigenvalue weighted by Gasteiger charge is 2.24. The summed E-state index contributed by atoms with van der Waals surface area (Å²) >= 11 is 8.22. The van der Waals surface area contributed by atoms with Gasteiger partial charge in [-0.3, -0.25) is 4.68 Å². The van der Waals surface area contributed by atoms with Crippen LogP contribution in [0.1, 0.15) is 40.4 Å². The Labute approximate surface area is 122 Å². The van der Waals surface area contributed by atoms with Crippen molar-refractivity contribution < 1.29 is 0 Å². The van der Waals surface area contributed by atoms with Crippen LogP contribution < -0.4 is 5.32 Å². The fraction of sp³-hybridized carbons (Fsp3) is 0.500. The summed E-state index contributed by atoms with van der Waals surface area (Å²) in [6.45, 7) is 3.04. The number of hydrogen-bond donors (Lipinski definition) is 1. The Morgan fingerprint density at radius 1 is 1.53 bits per heavy atom. The molecule has 0 saturated heterocycles. The first-order valence-corrected chi connectivity index (χ1v) is 7.92. The van der Waals surface area contributed by atoms with Gasteiger partial charge in [-0.2, -0.15) is 5.10 Å². The van der Waals surface area contributed by atoms with E-state index in [0.717, 1.165) is 17.3 Å². The number of thiophene rings is 1. The lowest BCUT2D eigenvalue weighted by atomic mass is 10.1. The van der Waals surface area contributed by atoms with Crippen LogP contribution in [-0.2, 0) is 19.9 Å². The van der Waals surface area contributed by atoms with Crippen LogP contribution >= 0.6 is 22.9 Å². The molecular formula is C14H18ClN3S. The average Bonchev–Trinajstić information content (AvgIpc) is 3.02. The van der Waals surface area contributed by atoms with E-state index in [4.69, 9.17) is 11.6 Å². The van der Waals surface area contributed by atoms with E-state index >= 15 is 0 Å². The molecule has 0 aromatic carbocycles. The fourth-order valence-electron chi connectivity index (χ4n) is 2.78.